The molecule has 2 rings (SSSR count). The number of hydrogen-bond acceptors (Lipinski definition) is 4. The lowest BCUT2D eigenvalue weighted by Gasteiger charge is -2.32. The summed E-state index contributed by atoms with van der Waals surface area (Å²) >= 11 is 0. The van der Waals surface area contributed by atoms with Gasteiger partial charge in [0.05, 0.1) is 11.2 Å². The molecular formula is C14H22BNO3. The summed E-state index contributed by atoms with van der Waals surface area (Å²) in [6.45, 7) is 9.23. The van der Waals surface area contributed by atoms with Crippen molar-refractivity contribution in [2.45, 2.75) is 38.9 Å². The molecule has 4 nitrogen and oxygen atoms in total. The van der Waals surface area contributed by atoms with Crippen LogP contribution in [0.15, 0.2) is 24.3 Å². The summed E-state index contributed by atoms with van der Waals surface area (Å²) in [4.78, 5) is 0. The Morgan fingerprint density at radius 3 is 2.05 bits per heavy atom. The molecule has 0 spiro atoms. The van der Waals surface area contributed by atoms with Gasteiger partial charge < -0.3 is 19.8 Å². The van der Waals surface area contributed by atoms with Crippen LogP contribution in [-0.2, 0) is 9.31 Å². The number of hydrogen-bond donors (Lipinski definition) is 1. The normalized spacial score (nSPS) is 20.6. The van der Waals surface area contributed by atoms with E-state index in [4.69, 9.17) is 19.8 Å². The van der Waals surface area contributed by atoms with Crippen molar-refractivity contribution in [1.82, 2.24) is 0 Å². The minimum absolute atomic E-state index is 0.313. The Labute approximate surface area is 115 Å². The highest BCUT2D eigenvalue weighted by atomic mass is 16.7. The fourth-order valence-electron chi connectivity index (χ4n) is 1.88. The van der Waals surface area contributed by atoms with Gasteiger partial charge in [0, 0.05) is 6.54 Å². The molecule has 0 radical (unpaired) electrons. The lowest BCUT2D eigenvalue weighted by Crippen LogP contribution is -2.41. The molecular weight excluding hydrogens is 241 g/mol. The van der Waals surface area contributed by atoms with E-state index in [1.54, 1.807) is 0 Å². The van der Waals surface area contributed by atoms with Gasteiger partial charge >= 0.3 is 7.12 Å². The van der Waals surface area contributed by atoms with Crippen molar-refractivity contribution in [2.24, 2.45) is 5.73 Å². The zero-order valence-corrected chi connectivity index (χ0v) is 12.1. The van der Waals surface area contributed by atoms with Gasteiger partial charge in [-0.1, -0.05) is 12.1 Å². The van der Waals surface area contributed by atoms with Gasteiger partial charge in [0.1, 0.15) is 12.4 Å². The number of ether oxygens (including phenoxy) is 1. The average molecular weight is 263 g/mol. The SMILES string of the molecule is CC1(C)OB(c2ccc(OCCN)cc2)OC1(C)C. The molecule has 0 aromatic heterocycles. The van der Waals surface area contributed by atoms with Gasteiger partial charge in [-0.05, 0) is 45.3 Å². The van der Waals surface area contributed by atoms with Crippen LogP contribution >= 0.6 is 0 Å². The van der Waals surface area contributed by atoms with Gasteiger partial charge in [-0.2, -0.15) is 0 Å². The fraction of sp³-hybridized carbons (Fsp3) is 0.571. The number of benzene rings is 1. The second kappa shape index (κ2) is 5.15. The van der Waals surface area contributed by atoms with Crippen molar-refractivity contribution in [3.8, 4) is 5.75 Å². The summed E-state index contributed by atoms with van der Waals surface area (Å²) in [5.74, 6) is 0.811. The van der Waals surface area contributed by atoms with Crippen LogP contribution in [0.1, 0.15) is 27.7 Å². The highest BCUT2D eigenvalue weighted by Crippen LogP contribution is 2.36. The maximum Gasteiger partial charge on any atom is 0.494 e. The molecule has 0 bridgehead atoms. The first-order valence-corrected chi connectivity index (χ1v) is 6.64. The summed E-state index contributed by atoms with van der Waals surface area (Å²) in [5.41, 5.74) is 5.77. The van der Waals surface area contributed by atoms with Crippen LogP contribution in [0.4, 0.5) is 0 Å². The molecule has 1 aromatic carbocycles. The summed E-state index contributed by atoms with van der Waals surface area (Å²) in [7, 11) is -0.325. The van der Waals surface area contributed by atoms with Gasteiger partial charge in [-0.25, -0.2) is 0 Å². The standard InChI is InChI=1S/C14H22BNO3/c1-13(2)14(3,4)19-15(18-13)11-5-7-12(8-6-11)17-10-9-16/h5-8H,9-10,16H2,1-4H3. The van der Waals surface area contributed by atoms with Crippen LogP contribution in [0.3, 0.4) is 0 Å². The van der Waals surface area contributed by atoms with Crippen molar-refractivity contribution < 1.29 is 14.0 Å². The third-order valence-corrected chi connectivity index (χ3v) is 3.79. The largest absolute Gasteiger partial charge is 0.494 e. The molecule has 0 amide bonds. The second-order valence-electron chi connectivity index (χ2n) is 5.79. The summed E-state index contributed by atoms with van der Waals surface area (Å²) in [6, 6.07) is 7.76. The van der Waals surface area contributed by atoms with Crippen LogP contribution in [0, 0.1) is 0 Å². The zero-order valence-electron chi connectivity index (χ0n) is 12.1. The van der Waals surface area contributed by atoms with Gasteiger partial charge in [-0.3, -0.25) is 0 Å². The summed E-state index contributed by atoms with van der Waals surface area (Å²) in [5, 5.41) is 0. The molecule has 0 aliphatic carbocycles. The molecule has 1 saturated heterocycles. The average Bonchev–Trinajstić information content (AvgIpc) is 2.56. The van der Waals surface area contributed by atoms with E-state index in [0.717, 1.165) is 11.2 Å². The first-order valence-electron chi connectivity index (χ1n) is 6.64. The molecule has 1 heterocycles. The topological polar surface area (TPSA) is 53.7 Å². The van der Waals surface area contributed by atoms with E-state index in [0.29, 0.717) is 13.2 Å². The van der Waals surface area contributed by atoms with Crippen LogP contribution in [-0.4, -0.2) is 31.5 Å². The van der Waals surface area contributed by atoms with Gasteiger partial charge in [0.25, 0.3) is 0 Å². The van der Waals surface area contributed by atoms with E-state index in [1.807, 2.05) is 52.0 Å². The van der Waals surface area contributed by atoms with E-state index < -0.39 is 0 Å². The Balaban J connectivity index is 2.08. The van der Waals surface area contributed by atoms with E-state index in [1.165, 1.54) is 0 Å². The van der Waals surface area contributed by atoms with Crippen molar-refractivity contribution in [1.29, 1.82) is 0 Å². The minimum Gasteiger partial charge on any atom is -0.492 e. The molecule has 2 N–H and O–H groups in total. The predicted molar refractivity (Wildman–Crippen MR) is 76.7 cm³/mol. The van der Waals surface area contributed by atoms with Crippen molar-refractivity contribution in [3.63, 3.8) is 0 Å². The molecule has 1 aliphatic heterocycles. The molecule has 19 heavy (non-hydrogen) atoms. The predicted octanol–water partition coefficient (Wildman–Crippen LogP) is 1.32. The van der Waals surface area contributed by atoms with Crippen molar-refractivity contribution in [3.05, 3.63) is 24.3 Å². The number of rotatable bonds is 4. The Bertz CT molecular complexity index is 415. The monoisotopic (exact) mass is 263 g/mol. The van der Waals surface area contributed by atoms with E-state index >= 15 is 0 Å². The molecule has 1 aromatic rings. The van der Waals surface area contributed by atoms with Crippen LogP contribution in [0.2, 0.25) is 0 Å². The third kappa shape index (κ3) is 2.94. The van der Waals surface area contributed by atoms with E-state index in [2.05, 4.69) is 0 Å². The Hall–Kier alpha value is -1.04. The summed E-state index contributed by atoms with van der Waals surface area (Å²) < 4.78 is 17.4. The maximum absolute atomic E-state index is 5.99. The lowest BCUT2D eigenvalue weighted by atomic mass is 9.79. The first kappa shape index (κ1) is 14.4. The Kier molecular flexibility index (Phi) is 3.90. The van der Waals surface area contributed by atoms with E-state index in [-0.39, 0.29) is 18.3 Å². The summed E-state index contributed by atoms with van der Waals surface area (Å²) in [6.07, 6.45) is 0. The smallest absolute Gasteiger partial charge is 0.492 e. The van der Waals surface area contributed by atoms with Crippen LogP contribution in [0.5, 0.6) is 5.75 Å². The van der Waals surface area contributed by atoms with Gasteiger partial charge in [0.2, 0.25) is 0 Å². The quantitative estimate of drug-likeness (QED) is 0.832. The van der Waals surface area contributed by atoms with Crippen molar-refractivity contribution in [2.75, 3.05) is 13.2 Å². The van der Waals surface area contributed by atoms with Gasteiger partial charge in [0.15, 0.2) is 0 Å². The zero-order chi connectivity index (χ0) is 14.1. The minimum atomic E-state index is -0.325. The fourth-order valence-corrected chi connectivity index (χ4v) is 1.88. The highest BCUT2D eigenvalue weighted by molar-refractivity contribution is 6.62. The molecule has 104 valence electrons. The van der Waals surface area contributed by atoms with Crippen LogP contribution in [0.25, 0.3) is 0 Å². The number of nitrogens with two attached hydrogens (primary N) is 1. The molecule has 0 atom stereocenters. The molecule has 0 unspecified atom stereocenters. The molecule has 0 saturated carbocycles. The second-order valence-corrected chi connectivity index (χ2v) is 5.79. The third-order valence-electron chi connectivity index (χ3n) is 3.79. The maximum atomic E-state index is 5.99. The van der Waals surface area contributed by atoms with Crippen LogP contribution < -0.4 is 15.9 Å². The van der Waals surface area contributed by atoms with E-state index in [9.17, 15) is 0 Å². The van der Waals surface area contributed by atoms with Crippen molar-refractivity contribution >= 4 is 12.6 Å². The highest BCUT2D eigenvalue weighted by Gasteiger charge is 2.51. The Morgan fingerprint density at radius 1 is 1.05 bits per heavy atom. The van der Waals surface area contributed by atoms with Gasteiger partial charge in [-0.15, -0.1) is 0 Å². The first-order chi connectivity index (χ1) is 8.86. The Morgan fingerprint density at radius 2 is 1.58 bits per heavy atom. The molecule has 5 heteroatoms. The molecule has 1 aliphatic rings. The lowest BCUT2D eigenvalue weighted by molar-refractivity contribution is 0.00578. The molecule has 1 fully saturated rings.